The van der Waals surface area contributed by atoms with Gasteiger partial charge in [-0.3, -0.25) is 0 Å². The van der Waals surface area contributed by atoms with Crippen molar-refractivity contribution in [3.63, 3.8) is 0 Å². The molecule has 5 heteroatoms. The minimum Gasteiger partial charge on any atom is -0.341 e. The predicted octanol–water partition coefficient (Wildman–Crippen LogP) is 2.09. The number of nitrogens with zero attached hydrogens (tertiary/aromatic N) is 1. The molecule has 1 aliphatic carbocycles. The number of fused-ring (bicyclic) bond motifs is 1. The summed E-state index contributed by atoms with van der Waals surface area (Å²) in [7, 11) is 0. The molecule has 0 saturated heterocycles. The molecule has 84 valence electrons. The zero-order valence-electron chi connectivity index (χ0n) is 8.56. The minimum atomic E-state index is -0.883. The van der Waals surface area contributed by atoms with E-state index in [1.807, 2.05) is 0 Å². The molecule has 0 unspecified atom stereocenters. The van der Waals surface area contributed by atoms with Crippen molar-refractivity contribution in [2.75, 3.05) is 0 Å². The van der Waals surface area contributed by atoms with E-state index in [2.05, 4.69) is 15.3 Å². The topological polar surface area (TPSA) is 40.7 Å². The van der Waals surface area contributed by atoms with Crippen molar-refractivity contribution < 1.29 is 8.78 Å². The van der Waals surface area contributed by atoms with Gasteiger partial charge >= 0.3 is 0 Å². The van der Waals surface area contributed by atoms with Gasteiger partial charge in [-0.1, -0.05) is 0 Å². The Bertz CT molecular complexity index is 531. The predicted molar refractivity (Wildman–Crippen MR) is 55.9 cm³/mol. The average Bonchev–Trinajstić information content (AvgIpc) is 3.01. The first-order valence-electron chi connectivity index (χ1n) is 5.30. The summed E-state index contributed by atoms with van der Waals surface area (Å²) in [6.45, 7) is 0.570. The fraction of sp³-hybridized carbons (Fsp3) is 0.364. The van der Waals surface area contributed by atoms with Crippen LogP contribution in [0.25, 0.3) is 11.0 Å². The maximum Gasteiger partial charge on any atom is 0.186 e. The second kappa shape index (κ2) is 3.52. The number of hydrogen-bond acceptors (Lipinski definition) is 2. The van der Waals surface area contributed by atoms with E-state index < -0.39 is 11.6 Å². The Morgan fingerprint density at radius 1 is 1.38 bits per heavy atom. The van der Waals surface area contributed by atoms with Crippen molar-refractivity contribution in [2.24, 2.45) is 0 Å². The normalized spacial score (nSPS) is 15.9. The highest BCUT2D eigenvalue weighted by Gasteiger charge is 2.20. The molecule has 1 fully saturated rings. The van der Waals surface area contributed by atoms with Crippen LogP contribution in [0.4, 0.5) is 8.78 Å². The summed E-state index contributed by atoms with van der Waals surface area (Å²) in [6, 6.07) is 3.17. The Kier molecular flexibility index (Phi) is 2.14. The third-order valence-electron chi connectivity index (χ3n) is 2.73. The Morgan fingerprint density at radius 3 is 2.94 bits per heavy atom. The lowest BCUT2D eigenvalue weighted by atomic mass is 10.3. The van der Waals surface area contributed by atoms with E-state index >= 15 is 0 Å². The summed E-state index contributed by atoms with van der Waals surface area (Å²) in [4.78, 5) is 7.01. The number of rotatable bonds is 3. The van der Waals surface area contributed by atoms with Crippen LogP contribution in [0.2, 0.25) is 0 Å². The molecule has 0 radical (unpaired) electrons. The van der Waals surface area contributed by atoms with Crippen LogP contribution < -0.4 is 5.32 Å². The highest BCUT2D eigenvalue weighted by atomic mass is 19.2. The molecule has 0 spiro atoms. The highest BCUT2D eigenvalue weighted by molar-refractivity contribution is 5.75. The zero-order valence-corrected chi connectivity index (χ0v) is 8.56. The van der Waals surface area contributed by atoms with Gasteiger partial charge in [-0.2, -0.15) is 0 Å². The number of imidazole rings is 1. The highest BCUT2D eigenvalue weighted by Crippen LogP contribution is 2.20. The number of aromatic amines is 1. The van der Waals surface area contributed by atoms with Crippen molar-refractivity contribution >= 4 is 11.0 Å². The van der Waals surface area contributed by atoms with Crippen LogP contribution in [0.3, 0.4) is 0 Å². The van der Waals surface area contributed by atoms with Gasteiger partial charge in [0.15, 0.2) is 11.6 Å². The molecule has 3 nitrogen and oxygen atoms in total. The summed E-state index contributed by atoms with van der Waals surface area (Å²) in [5, 5.41) is 3.26. The van der Waals surface area contributed by atoms with Crippen molar-refractivity contribution in [3.05, 3.63) is 29.6 Å². The molecule has 1 aromatic carbocycles. The fourth-order valence-corrected chi connectivity index (χ4v) is 1.68. The molecule has 1 saturated carbocycles. The van der Waals surface area contributed by atoms with Crippen LogP contribution in [0.15, 0.2) is 12.1 Å². The lowest BCUT2D eigenvalue weighted by Crippen LogP contribution is -2.16. The lowest BCUT2D eigenvalue weighted by molar-refractivity contribution is 0.515. The van der Waals surface area contributed by atoms with Crippen molar-refractivity contribution in [2.45, 2.75) is 25.4 Å². The van der Waals surface area contributed by atoms with E-state index in [4.69, 9.17) is 0 Å². The molecule has 16 heavy (non-hydrogen) atoms. The molecule has 0 bridgehead atoms. The number of aromatic nitrogens is 2. The van der Waals surface area contributed by atoms with Gasteiger partial charge in [0, 0.05) is 6.04 Å². The van der Waals surface area contributed by atoms with Crippen LogP contribution in [0.1, 0.15) is 18.7 Å². The molecule has 1 aliphatic rings. The van der Waals surface area contributed by atoms with Crippen molar-refractivity contribution in [3.8, 4) is 0 Å². The molecular weight excluding hydrogens is 212 g/mol. The Labute approximate surface area is 90.9 Å². The third kappa shape index (κ3) is 1.67. The second-order valence-electron chi connectivity index (χ2n) is 4.10. The Hall–Kier alpha value is -1.49. The Balaban J connectivity index is 1.91. The van der Waals surface area contributed by atoms with E-state index in [-0.39, 0.29) is 5.52 Å². The summed E-state index contributed by atoms with van der Waals surface area (Å²) in [5.74, 6) is -1.10. The maximum absolute atomic E-state index is 13.3. The Morgan fingerprint density at radius 2 is 2.19 bits per heavy atom. The number of nitrogens with one attached hydrogen (secondary N) is 2. The van der Waals surface area contributed by atoms with Gasteiger partial charge in [0.05, 0.1) is 12.1 Å². The van der Waals surface area contributed by atoms with Crippen LogP contribution in [0, 0.1) is 11.6 Å². The summed E-state index contributed by atoms with van der Waals surface area (Å²) < 4.78 is 26.3. The van der Waals surface area contributed by atoms with E-state index in [1.165, 1.54) is 18.9 Å². The van der Waals surface area contributed by atoms with Gasteiger partial charge in [0.2, 0.25) is 0 Å². The average molecular weight is 223 g/mol. The van der Waals surface area contributed by atoms with Gasteiger partial charge in [-0.15, -0.1) is 0 Å². The van der Waals surface area contributed by atoms with Gasteiger partial charge in [0.1, 0.15) is 11.3 Å². The molecule has 0 atom stereocenters. The number of halogens is 2. The molecule has 1 aromatic heterocycles. The van der Waals surface area contributed by atoms with Crippen LogP contribution in [0.5, 0.6) is 0 Å². The third-order valence-corrected chi connectivity index (χ3v) is 2.73. The monoisotopic (exact) mass is 223 g/mol. The quantitative estimate of drug-likeness (QED) is 0.836. The van der Waals surface area contributed by atoms with Crippen molar-refractivity contribution in [1.82, 2.24) is 15.3 Å². The first kappa shape index (κ1) is 9.72. The van der Waals surface area contributed by atoms with Crippen molar-refractivity contribution in [1.29, 1.82) is 0 Å². The largest absolute Gasteiger partial charge is 0.341 e. The molecular formula is C11H11F2N3. The lowest BCUT2D eigenvalue weighted by Gasteiger charge is -1.96. The van der Waals surface area contributed by atoms with E-state index in [9.17, 15) is 8.78 Å². The first-order chi connectivity index (χ1) is 7.74. The molecule has 0 amide bonds. The molecule has 1 heterocycles. The number of benzene rings is 1. The van der Waals surface area contributed by atoms with Crippen LogP contribution >= 0.6 is 0 Å². The number of hydrogen-bond donors (Lipinski definition) is 2. The van der Waals surface area contributed by atoms with Gasteiger partial charge in [-0.05, 0) is 25.0 Å². The maximum atomic E-state index is 13.3. The smallest absolute Gasteiger partial charge is 0.186 e. The van der Waals surface area contributed by atoms with E-state index in [0.717, 1.165) is 6.07 Å². The molecule has 2 aromatic rings. The number of H-pyrrole nitrogens is 1. The second-order valence-corrected chi connectivity index (χ2v) is 4.10. The van der Waals surface area contributed by atoms with Crippen LogP contribution in [-0.2, 0) is 6.54 Å². The fourth-order valence-electron chi connectivity index (χ4n) is 1.68. The summed E-state index contributed by atoms with van der Waals surface area (Å²) in [6.07, 6.45) is 2.37. The van der Waals surface area contributed by atoms with Crippen LogP contribution in [-0.4, -0.2) is 16.0 Å². The summed E-state index contributed by atoms with van der Waals surface area (Å²) in [5.41, 5.74) is 0.610. The standard InChI is InChI=1S/C11H11F2N3/c12-7-3-4-8-11(10(7)13)16-9(15-8)5-14-6-1-2-6/h3-4,6,14H,1-2,5H2,(H,15,16). The molecule has 0 aliphatic heterocycles. The molecule has 2 N–H and O–H groups in total. The van der Waals surface area contributed by atoms with E-state index in [1.54, 1.807) is 0 Å². The summed E-state index contributed by atoms with van der Waals surface area (Å²) >= 11 is 0. The van der Waals surface area contributed by atoms with Gasteiger partial charge < -0.3 is 10.3 Å². The molecule has 3 rings (SSSR count). The first-order valence-corrected chi connectivity index (χ1v) is 5.30. The van der Waals surface area contributed by atoms with Gasteiger partial charge in [-0.25, -0.2) is 13.8 Å². The SMILES string of the molecule is Fc1ccc2[nH]c(CNC3CC3)nc2c1F. The van der Waals surface area contributed by atoms with Gasteiger partial charge in [0.25, 0.3) is 0 Å². The zero-order chi connectivity index (χ0) is 11.1. The minimum absolute atomic E-state index is 0.0765. The van der Waals surface area contributed by atoms with E-state index in [0.29, 0.717) is 23.9 Å².